The van der Waals surface area contributed by atoms with Gasteiger partial charge in [-0.2, -0.15) is 0 Å². The first-order valence-corrected chi connectivity index (χ1v) is 10.9. The van der Waals surface area contributed by atoms with Crippen LogP contribution in [0.15, 0.2) is 42.5 Å². The van der Waals surface area contributed by atoms with Gasteiger partial charge in [0.25, 0.3) is 0 Å². The van der Waals surface area contributed by atoms with E-state index in [1.807, 2.05) is 48.2 Å². The van der Waals surface area contributed by atoms with E-state index < -0.39 is 12.1 Å². The van der Waals surface area contributed by atoms with Crippen LogP contribution in [0.4, 0.5) is 0 Å². The van der Waals surface area contributed by atoms with Crippen LogP contribution in [0.25, 0.3) is 0 Å². The summed E-state index contributed by atoms with van der Waals surface area (Å²) in [6, 6.07) is 9.83. The molecule has 30 heavy (non-hydrogen) atoms. The van der Waals surface area contributed by atoms with Crippen molar-refractivity contribution in [1.29, 1.82) is 0 Å². The highest BCUT2D eigenvalue weighted by molar-refractivity contribution is 5.79. The lowest BCUT2D eigenvalue weighted by Crippen LogP contribution is -2.33. The van der Waals surface area contributed by atoms with Crippen molar-refractivity contribution >= 4 is 11.9 Å². The Kier molecular flexibility index (Phi) is 10.2. The molecule has 3 atom stereocenters. The lowest BCUT2D eigenvalue weighted by molar-refractivity contribution is -0.137. The van der Waals surface area contributed by atoms with Crippen molar-refractivity contribution in [2.24, 2.45) is 5.92 Å². The number of likely N-dealkylation sites (tertiary alicyclic amines) is 1. The summed E-state index contributed by atoms with van der Waals surface area (Å²) in [6.45, 7) is 2.67. The molecule has 1 heterocycles. The van der Waals surface area contributed by atoms with E-state index in [-0.39, 0.29) is 24.3 Å². The fourth-order valence-electron chi connectivity index (χ4n) is 3.55. The quantitative estimate of drug-likeness (QED) is 0.328. The van der Waals surface area contributed by atoms with Gasteiger partial charge in [-0.15, -0.1) is 0 Å². The number of aliphatic hydroxyl groups is 1. The maximum atomic E-state index is 12.2. The molecule has 5 nitrogen and oxygen atoms in total. The lowest BCUT2D eigenvalue weighted by Gasteiger charge is -2.23. The first-order valence-electron chi connectivity index (χ1n) is 10.9. The second-order valence-electron chi connectivity index (χ2n) is 7.98. The Morgan fingerprint density at radius 3 is 2.70 bits per heavy atom. The predicted octanol–water partition coefficient (Wildman–Crippen LogP) is 4.01. The second kappa shape index (κ2) is 12.9. The van der Waals surface area contributed by atoms with Gasteiger partial charge in [0.2, 0.25) is 5.91 Å². The summed E-state index contributed by atoms with van der Waals surface area (Å²) in [7, 11) is 0. The third-order valence-electron chi connectivity index (χ3n) is 5.46. The normalized spacial score (nSPS) is 18.3. The number of hydrogen-bond acceptors (Lipinski definition) is 3. The number of carbonyl (C=O) groups excluding carboxylic acids is 1. The zero-order valence-electron chi connectivity index (χ0n) is 17.8. The maximum Gasteiger partial charge on any atom is 0.303 e. The number of benzene rings is 1. The Morgan fingerprint density at radius 1 is 1.23 bits per heavy atom. The van der Waals surface area contributed by atoms with E-state index in [2.05, 4.69) is 11.8 Å². The molecule has 0 spiro atoms. The van der Waals surface area contributed by atoms with Crippen LogP contribution in [0.2, 0.25) is 0 Å². The van der Waals surface area contributed by atoms with E-state index in [4.69, 9.17) is 5.11 Å². The average Bonchev–Trinajstić information content (AvgIpc) is 3.08. The third kappa shape index (κ3) is 8.42. The topological polar surface area (TPSA) is 77.8 Å². The van der Waals surface area contributed by atoms with Crippen LogP contribution in [-0.2, 0) is 9.59 Å². The fourth-order valence-corrected chi connectivity index (χ4v) is 3.55. The molecule has 0 radical (unpaired) electrons. The summed E-state index contributed by atoms with van der Waals surface area (Å²) in [6.07, 6.45) is 8.66. The number of carbonyl (C=O) groups is 2. The van der Waals surface area contributed by atoms with Gasteiger partial charge in [0.1, 0.15) is 0 Å². The van der Waals surface area contributed by atoms with Crippen LogP contribution in [0.5, 0.6) is 0 Å². The predicted molar refractivity (Wildman–Crippen MR) is 118 cm³/mol. The second-order valence-corrected chi connectivity index (χ2v) is 7.98. The lowest BCUT2D eigenvalue weighted by atomic mass is 9.99. The van der Waals surface area contributed by atoms with Crippen LogP contribution in [0.1, 0.15) is 63.9 Å². The van der Waals surface area contributed by atoms with Gasteiger partial charge in [0.15, 0.2) is 0 Å². The van der Waals surface area contributed by atoms with Gasteiger partial charge >= 0.3 is 5.97 Å². The summed E-state index contributed by atoms with van der Waals surface area (Å²) in [5, 5.41) is 19.1. The zero-order valence-corrected chi connectivity index (χ0v) is 17.8. The Bertz CT molecular complexity index is 762. The van der Waals surface area contributed by atoms with E-state index in [1.165, 1.54) is 0 Å². The average molecular weight is 412 g/mol. The summed E-state index contributed by atoms with van der Waals surface area (Å²) >= 11 is 0. The third-order valence-corrected chi connectivity index (χ3v) is 5.46. The van der Waals surface area contributed by atoms with Crippen LogP contribution in [0.3, 0.4) is 0 Å². The van der Waals surface area contributed by atoms with E-state index in [0.717, 1.165) is 31.2 Å². The van der Waals surface area contributed by atoms with E-state index in [9.17, 15) is 14.7 Å². The van der Waals surface area contributed by atoms with Gasteiger partial charge in [0, 0.05) is 31.4 Å². The molecular weight excluding hydrogens is 378 g/mol. The van der Waals surface area contributed by atoms with Crippen molar-refractivity contribution in [1.82, 2.24) is 4.90 Å². The molecule has 1 saturated heterocycles. The molecule has 3 unspecified atom stereocenters. The van der Waals surface area contributed by atoms with Crippen LogP contribution >= 0.6 is 0 Å². The monoisotopic (exact) mass is 411 g/mol. The first kappa shape index (κ1) is 23.7. The molecule has 1 aromatic rings. The van der Waals surface area contributed by atoms with Crippen LogP contribution < -0.4 is 0 Å². The van der Waals surface area contributed by atoms with Crippen molar-refractivity contribution in [2.45, 2.75) is 70.4 Å². The molecule has 0 saturated carbocycles. The smallest absolute Gasteiger partial charge is 0.303 e. The standard InChI is InChI=1S/C25H33NO4/c1-20(10-9-13-21-11-5-4-6-12-21)23(27)17-15-22-16-18-24(28)26(22)19-8-3-2-7-14-25(29)30/h4-6,11-12,15,17,20,22-23,27H,2-3,7-8,10,14,16,18-19H2,1H3,(H,29,30). The van der Waals surface area contributed by atoms with Crippen LogP contribution in [0, 0.1) is 17.8 Å². The van der Waals surface area contributed by atoms with Crippen LogP contribution in [-0.4, -0.2) is 45.7 Å². The van der Waals surface area contributed by atoms with Gasteiger partial charge in [0.05, 0.1) is 12.1 Å². The number of hydrogen-bond donors (Lipinski definition) is 2. The maximum absolute atomic E-state index is 12.2. The van der Waals surface area contributed by atoms with E-state index in [1.54, 1.807) is 6.08 Å². The number of carboxylic acids is 1. The van der Waals surface area contributed by atoms with Gasteiger partial charge < -0.3 is 15.1 Å². The van der Waals surface area contributed by atoms with Crippen molar-refractivity contribution in [3.63, 3.8) is 0 Å². The van der Waals surface area contributed by atoms with Crippen molar-refractivity contribution < 1.29 is 19.8 Å². The highest BCUT2D eigenvalue weighted by Crippen LogP contribution is 2.22. The highest BCUT2D eigenvalue weighted by atomic mass is 16.4. The summed E-state index contributed by atoms with van der Waals surface area (Å²) in [4.78, 5) is 24.6. The molecule has 162 valence electrons. The molecular formula is C25H33NO4. The fraction of sp³-hybridized carbons (Fsp3) is 0.520. The minimum atomic E-state index is -0.756. The first-order chi connectivity index (χ1) is 14.5. The number of unbranched alkanes of at least 4 members (excludes halogenated alkanes) is 3. The minimum Gasteiger partial charge on any atom is -0.481 e. The molecule has 0 bridgehead atoms. The van der Waals surface area contributed by atoms with Crippen molar-refractivity contribution in [3.05, 3.63) is 48.0 Å². The number of amides is 1. The summed E-state index contributed by atoms with van der Waals surface area (Å²) < 4.78 is 0. The molecule has 1 aliphatic rings. The molecule has 2 rings (SSSR count). The van der Waals surface area contributed by atoms with Crippen molar-refractivity contribution in [2.75, 3.05) is 6.54 Å². The SMILES string of the molecule is CC(CC#Cc1ccccc1)C(O)C=CC1CCC(=O)N1CCCCCCC(=O)O. The summed E-state index contributed by atoms with van der Waals surface area (Å²) in [5.41, 5.74) is 0.970. The molecule has 1 fully saturated rings. The van der Waals surface area contributed by atoms with Gasteiger partial charge in [-0.25, -0.2) is 0 Å². The highest BCUT2D eigenvalue weighted by Gasteiger charge is 2.28. The Morgan fingerprint density at radius 2 is 1.97 bits per heavy atom. The van der Waals surface area contributed by atoms with Crippen molar-refractivity contribution in [3.8, 4) is 11.8 Å². The largest absolute Gasteiger partial charge is 0.481 e. The number of nitrogens with zero attached hydrogens (tertiary/aromatic N) is 1. The molecule has 5 heteroatoms. The van der Waals surface area contributed by atoms with Gasteiger partial charge in [-0.1, -0.05) is 62.0 Å². The minimum absolute atomic E-state index is 0.0113. The molecule has 1 aliphatic heterocycles. The zero-order chi connectivity index (χ0) is 21.8. The molecule has 0 aromatic heterocycles. The Balaban J connectivity index is 1.76. The number of rotatable bonds is 11. The van der Waals surface area contributed by atoms with Gasteiger partial charge in [-0.05, 0) is 37.3 Å². The van der Waals surface area contributed by atoms with E-state index >= 15 is 0 Å². The Labute approximate surface area is 179 Å². The molecule has 1 amide bonds. The number of aliphatic carboxylic acids is 1. The molecule has 2 N–H and O–H groups in total. The number of carboxylic acid groups (broad SMARTS) is 1. The Hall–Kier alpha value is -2.58. The van der Waals surface area contributed by atoms with E-state index in [0.29, 0.717) is 25.8 Å². The van der Waals surface area contributed by atoms with Gasteiger partial charge in [-0.3, -0.25) is 9.59 Å². The molecule has 1 aromatic carbocycles. The molecule has 0 aliphatic carbocycles. The summed E-state index contributed by atoms with van der Waals surface area (Å²) in [5.74, 6) is 5.66. The number of aliphatic hydroxyl groups excluding tert-OH is 1.